The molecule has 1 rings (SSSR count). The largest absolute Gasteiger partial charge is 0.573 e. The van der Waals surface area contributed by atoms with E-state index in [1.165, 1.54) is 6.92 Å². The second-order valence-corrected chi connectivity index (χ2v) is 5.20. The summed E-state index contributed by atoms with van der Waals surface area (Å²) in [5.41, 5.74) is 0. The molecule has 3 nitrogen and oxygen atoms in total. The zero-order chi connectivity index (χ0) is 12.4. The molecule has 0 fully saturated rings. The minimum absolute atomic E-state index is 0.0236. The molecule has 1 aromatic rings. The summed E-state index contributed by atoms with van der Waals surface area (Å²) in [6, 6.07) is 4.10. The van der Waals surface area contributed by atoms with Crippen LogP contribution >= 0.6 is 0 Å². The smallest absolute Gasteiger partial charge is 0.406 e. The molecule has 0 amide bonds. The van der Waals surface area contributed by atoms with E-state index in [1.54, 1.807) is 0 Å². The lowest BCUT2D eigenvalue weighted by Crippen LogP contribution is -2.17. The Morgan fingerprint density at radius 3 is 2.06 bits per heavy atom. The van der Waals surface area contributed by atoms with Crippen LogP contribution in [0.4, 0.5) is 13.2 Å². The van der Waals surface area contributed by atoms with Crippen molar-refractivity contribution in [2.45, 2.75) is 18.2 Å². The summed E-state index contributed by atoms with van der Waals surface area (Å²) in [6.45, 7) is 1.45. The van der Waals surface area contributed by atoms with E-state index in [9.17, 15) is 21.6 Å². The molecule has 16 heavy (non-hydrogen) atoms. The van der Waals surface area contributed by atoms with E-state index in [-0.39, 0.29) is 10.6 Å². The fourth-order valence-electron chi connectivity index (χ4n) is 1.02. The topological polar surface area (TPSA) is 43.4 Å². The summed E-state index contributed by atoms with van der Waals surface area (Å²) in [4.78, 5) is -0.0236. The van der Waals surface area contributed by atoms with Gasteiger partial charge in [0.2, 0.25) is 0 Å². The van der Waals surface area contributed by atoms with Crippen LogP contribution in [0.15, 0.2) is 29.2 Å². The SMILES string of the molecule is CCS(=O)(=O)c1ccc(OC(F)(F)F)cc1. The normalized spacial score (nSPS) is 12.5. The third-order valence-corrected chi connectivity index (χ3v) is 3.55. The van der Waals surface area contributed by atoms with Gasteiger partial charge in [-0.15, -0.1) is 13.2 Å². The van der Waals surface area contributed by atoms with E-state index in [4.69, 9.17) is 0 Å². The molecule has 90 valence electrons. The quantitative estimate of drug-likeness (QED) is 0.831. The van der Waals surface area contributed by atoms with Crippen molar-refractivity contribution < 1.29 is 26.3 Å². The van der Waals surface area contributed by atoms with Crippen molar-refractivity contribution in [2.24, 2.45) is 0 Å². The number of sulfone groups is 1. The molecule has 0 aromatic heterocycles. The lowest BCUT2D eigenvalue weighted by atomic mass is 10.3. The predicted octanol–water partition coefficient (Wildman–Crippen LogP) is 2.38. The Balaban J connectivity index is 2.93. The molecule has 0 atom stereocenters. The van der Waals surface area contributed by atoms with Crippen molar-refractivity contribution in [3.05, 3.63) is 24.3 Å². The average molecular weight is 254 g/mol. The lowest BCUT2D eigenvalue weighted by Gasteiger charge is -2.09. The molecule has 0 spiro atoms. The molecule has 0 saturated heterocycles. The van der Waals surface area contributed by atoms with Gasteiger partial charge < -0.3 is 4.74 Å². The van der Waals surface area contributed by atoms with Crippen molar-refractivity contribution in [3.63, 3.8) is 0 Å². The van der Waals surface area contributed by atoms with Crippen LogP contribution in [-0.4, -0.2) is 20.5 Å². The van der Waals surface area contributed by atoms with Crippen molar-refractivity contribution in [3.8, 4) is 5.75 Å². The second-order valence-electron chi connectivity index (χ2n) is 2.92. The maximum Gasteiger partial charge on any atom is 0.573 e. The molecule has 0 bridgehead atoms. The van der Waals surface area contributed by atoms with Crippen molar-refractivity contribution in [1.82, 2.24) is 0 Å². The van der Waals surface area contributed by atoms with Gasteiger partial charge in [-0.2, -0.15) is 0 Å². The van der Waals surface area contributed by atoms with Crippen molar-refractivity contribution >= 4 is 9.84 Å². The number of rotatable bonds is 3. The standard InChI is InChI=1S/C9H9F3O3S/c1-2-16(13,14)8-5-3-7(4-6-8)15-9(10,11)12/h3-6H,2H2,1H3. The second kappa shape index (κ2) is 4.32. The van der Waals surface area contributed by atoms with Crippen molar-refractivity contribution in [2.75, 3.05) is 5.75 Å². The van der Waals surface area contributed by atoms with Gasteiger partial charge >= 0.3 is 6.36 Å². The summed E-state index contributed by atoms with van der Waals surface area (Å²) in [6.07, 6.45) is -4.77. The van der Waals surface area contributed by atoms with Crippen LogP contribution in [0.3, 0.4) is 0 Å². The van der Waals surface area contributed by atoms with Crippen LogP contribution in [0, 0.1) is 0 Å². The Morgan fingerprint density at radius 1 is 1.19 bits per heavy atom. The first-order valence-corrected chi connectivity index (χ1v) is 5.98. The first-order valence-electron chi connectivity index (χ1n) is 4.33. The molecule has 0 aliphatic carbocycles. The van der Waals surface area contributed by atoms with Crippen LogP contribution in [0.2, 0.25) is 0 Å². The molecule has 0 heterocycles. The highest BCUT2D eigenvalue weighted by atomic mass is 32.2. The maximum atomic E-state index is 11.8. The number of ether oxygens (including phenoxy) is 1. The maximum absolute atomic E-state index is 11.8. The highest BCUT2D eigenvalue weighted by Gasteiger charge is 2.31. The van der Waals surface area contributed by atoms with Gasteiger partial charge in [-0.25, -0.2) is 8.42 Å². The van der Waals surface area contributed by atoms with Gasteiger partial charge in [0.25, 0.3) is 0 Å². The van der Waals surface area contributed by atoms with Gasteiger partial charge in [0, 0.05) is 0 Å². The Bertz CT molecular complexity index is 448. The summed E-state index contributed by atoms with van der Waals surface area (Å²) >= 11 is 0. The average Bonchev–Trinajstić information content (AvgIpc) is 2.16. The first-order chi connectivity index (χ1) is 7.24. The summed E-state index contributed by atoms with van der Waals surface area (Å²) in [5.74, 6) is -0.547. The molecule has 0 aliphatic heterocycles. The molecule has 0 N–H and O–H groups in total. The highest BCUT2D eigenvalue weighted by molar-refractivity contribution is 7.91. The van der Waals surface area contributed by atoms with Gasteiger partial charge in [-0.05, 0) is 24.3 Å². The third kappa shape index (κ3) is 3.41. The fourth-order valence-corrected chi connectivity index (χ4v) is 1.90. The molecule has 0 radical (unpaired) electrons. The Labute approximate surface area is 90.8 Å². The van der Waals surface area contributed by atoms with Crippen LogP contribution in [-0.2, 0) is 9.84 Å². The van der Waals surface area contributed by atoms with E-state index in [1.807, 2.05) is 0 Å². The number of hydrogen-bond donors (Lipinski definition) is 0. The predicted molar refractivity (Wildman–Crippen MR) is 50.9 cm³/mol. The molecule has 0 saturated carbocycles. The first kappa shape index (κ1) is 12.8. The Hall–Kier alpha value is -1.24. The van der Waals surface area contributed by atoms with Gasteiger partial charge in [0.1, 0.15) is 5.75 Å². The van der Waals surface area contributed by atoms with E-state index in [2.05, 4.69) is 4.74 Å². The molecular weight excluding hydrogens is 245 g/mol. The van der Waals surface area contributed by atoms with E-state index >= 15 is 0 Å². The zero-order valence-electron chi connectivity index (χ0n) is 8.28. The molecule has 1 aromatic carbocycles. The number of halogens is 3. The van der Waals surface area contributed by atoms with Gasteiger partial charge in [-0.1, -0.05) is 6.92 Å². The van der Waals surface area contributed by atoms with E-state index < -0.39 is 21.9 Å². The van der Waals surface area contributed by atoms with Gasteiger partial charge in [0.15, 0.2) is 9.84 Å². The van der Waals surface area contributed by atoms with E-state index in [0.29, 0.717) is 0 Å². The summed E-state index contributed by atoms with van der Waals surface area (Å²) < 4.78 is 61.7. The summed E-state index contributed by atoms with van der Waals surface area (Å²) in [7, 11) is -3.40. The van der Waals surface area contributed by atoms with E-state index in [0.717, 1.165) is 24.3 Å². The van der Waals surface area contributed by atoms with Crippen LogP contribution in [0.1, 0.15) is 6.92 Å². The Morgan fingerprint density at radius 2 is 1.69 bits per heavy atom. The minimum atomic E-state index is -4.77. The summed E-state index contributed by atoms with van der Waals surface area (Å²) in [5, 5.41) is 0. The third-order valence-electron chi connectivity index (χ3n) is 1.80. The molecule has 7 heteroatoms. The zero-order valence-corrected chi connectivity index (χ0v) is 9.10. The minimum Gasteiger partial charge on any atom is -0.406 e. The van der Waals surface area contributed by atoms with Crippen LogP contribution in [0.25, 0.3) is 0 Å². The molecular formula is C9H9F3O3S. The van der Waals surface area contributed by atoms with Crippen molar-refractivity contribution in [1.29, 1.82) is 0 Å². The number of benzene rings is 1. The van der Waals surface area contributed by atoms with Gasteiger partial charge in [-0.3, -0.25) is 0 Å². The highest BCUT2D eigenvalue weighted by Crippen LogP contribution is 2.24. The van der Waals surface area contributed by atoms with Crippen LogP contribution < -0.4 is 4.74 Å². The number of alkyl halides is 3. The lowest BCUT2D eigenvalue weighted by molar-refractivity contribution is -0.274. The monoisotopic (exact) mass is 254 g/mol. The Kier molecular flexibility index (Phi) is 3.47. The number of hydrogen-bond acceptors (Lipinski definition) is 3. The molecule has 0 unspecified atom stereocenters. The van der Waals surface area contributed by atoms with Gasteiger partial charge in [0.05, 0.1) is 10.6 Å². The molecule has 0 aliphatic rings. The van der Waals surface area contributed by atoms with Crippen LogP contribution in [0.5, 0.6) is 5.75 Å². The fraction of sp³-hybridized carbons (Fsp3) is 0.333.